The molecule has 1 unspecified atom stereocenters. The lowest BCUT2D eigenvalue weighted by Crippen LogP contribution is -2.34. The fraction of sp³-hybridized carbons (Fsp3) is 0.444. The van der Waals surface area contributed by atoms with Gasteiger partial charge in [0.2, 0.25) is 5.91 Å². The third kappa shape index (κ3) is 3.77. The van der Waals surface area contributed by atoms with E-state index < -0.39 is 5.92 Å². The zero-order chi connectivity index (χ0) is 19.5. The molecule has 2 amide bonds. The summed E-state index contributed by atoms with van der Waals surface area (Å²) in [5, 5.41) is 8.97. The van der Waals surface area contributed by atoms with Crippen LogP contribution in [0.15, 0.2) is 28.5 Å². The van der Waals surface area contributed by atoms with E-state index in [2.05, 4.69) is 25.3 Å². The number of carbonyl (C=O) groups is 2. The molecule has 10 heteroatoms. The maximum Gasteiger partial charge on any atom is 0.269 e. The normalized spacial score (nSPS) is 19.0. The summed E-state index contributed by atoms with van der Waals surface area (Å²) in [5.41, 5.74) is 0.778. The first-order chi connectivity index (χ1) is 13.7. The van der Waals surface area contributed by atoms with Gasteiger partial charge in [-0.3, -0.25) is 9.59 Å². The fourth-order valence-corrected chi connectivity index (χ4v) is 3.69. The lowest BCUT2D eigenvalue weighted by molar-refractivity contribution is -0.121. The van der Waals surface area contributed by atoms with Gasteiger partial charge in [0.05, 0.1) is 24.0 Å². The van der Waals surface area contributed by atoms with Crippen LogP contribution in [0.1, 0.15) is 12.8 Å². The smallest absolute Gasteiger partial charge is 0.269 e. The van der Waals surface area contributed by atoms with Crippen molar-refractivity contribution in [3.05, 3.63) is 18.3 Å². The first-order valence-electron chi connectivity index (χ1n) is 9.22. The Kier molecular flexibility index (Phi) is 5.38. The summed E-state index contributed by atoms with van der Waals surface area (Å²) in [7, 11) is 0. The number of nitrogens with zero attached hydrogens (tertiary/aromatic N) is 6. The Morgan fingerprint density at radius 2 is 2.14 bits per heavy atom. The van der Waals surface area contributed by atoms with Crippen molar-refractivity contribution in [1.82, 2.24) is 25.1 Å². The Morgan fingerprint density at radius 3 is 2.86 bits per heavy atom. The van der Waals surface area contributed by atoms with E-state index in [1.807, 2.05) is 6.26 Å². The summed E-state index contributed by atoms with van der Waals surface area (Å²) in [6, 6.07) is 0. The number of aromatic nitrogens is 4. The van der Waals surface area contributed by atoms with Crippen LogP contribution in [0, 0.1) is 5.92 Å². The van der Waals surface area contributed by atoms with E-state index in [4.69, 9.17) is 4.98 Å². The highest BCUT2D eigenvalue weighted by Crippen LogP contribution is 2.28. The molecule has 0 spiro atoms. The monoisotopic (exact) mass is 399 g/mol. The van der Waals surface area contributed by atoms with Crippen LogP contribution in [0.25, 0.3) is 11.0 Å². The van der Waals surface area contributed by atoms with Crippen molar-refractivity contribution in [2.75, 3.05) is 30.8 Å². The highest BCUT2D eigenvalue weighted by molar-refractivity contribution is 7.98. The molecule has 4 heterocycles. The Morgan fingerprint density at radius 1 is 1.32 bits per heavy atom. The summed E-state index contributed by atoms with van der Waals surface area (Å²) in [6.07, 6.45) is 10.3. The van der Waals surface area contributed by atoms with Crippen LogP contribution in [0.2, 0.25) is 0 Å². The molecule has 28 heavy (non-hydrogen) atoms. The second kappa shape index (κ2) is 8.09. The minimum absolute atomic E-state index is 0.193. The maximum atomic E-state index is 12.2. The van der Waals surface area contributed by atoms with E-state index in [0.717, 1.165) is 29.9 Å². The standard InChI is InChI=1S/C18H21N7O2S/c1-28-18-22-15(24-7-2-3-8-24)13-11-21-25(16(13)23-18)9-6-19-17(27)12-4-5-14(26)20-10-12/h4-5,10-12H,2-3,6-9H2,1H3,(H,19,27). The van der Waals surface area contributed by atoms with Crippen molar-refractivity contribution in [3.63, 3.8) is 0 Å². The summed E-state index contributed by atoms with van der Waals surface area (Å²) in [4.78, 5) is 38.5. The van der Waals surface area contributed by atoms with E-state index in [-0.39, 0.29) is 11.8 Å². The number of anilines is 1. The molecule has 1 saturated heterocycles. The van der Waals surface area contributed by atoms with Gasteiger partial charge in [-0.05, 0) is 19.1 Å². The summed E-state index contributed by atoms with van der Waals surface area (Å²) >= 11 is 1.51. The zero-order valence-electron chi connectivity index (χ0n) is 15.5. The molecule has 1 atom stereocenters. The van der Waals surface area contributed by atoms with Gasteiger partial charge in [0, 0.05) is 31.9 Å². The zero-order valence-corrected chi connectivity index (χ0v) is 16.4. The van der Waals surface area contributed by atoms with Crippen LogP contribution in [-0.4, -0.2) is 63.7 Å². The van der Waals surface area contributed by atoms with Gasteiger partial charge in [-0.15, -0.1) is 0 Å². The topological polar surface area (TPSA) is 105 Å². The molecule has 2 aliphatic rings. The molecule has 0 bridgehead atoms. The second-order valence-corrected chi connectivity index (χ2v) is 7.40. The minimum atomic E-state index is -0.515. The summed E-state index contributed by atoms with van der Waals surface area (Å²) in [5.74, 6) is -0.110. The SMILES string of the molecule is CSc1nc(N2CCCC2)c2cnn(CCNC(=O)C3C=CC(=O)N=C3)c2n1. The van der Waals surface area contributed by atoms with Crippen LogP contribution >= 0.6 is 11.8 Å². The predicted octanol–water partition coefficient (Wildman–Crippen LogP) is 1.05. The number of hydrogen-bond donors (Lipinski definition) is 1. The Hall–Kier alpha value is -2.75. The van der Waals surface area contributed by atoms with E-state index in [1.54, 1.807) is 17.0 Å². The van der Waals surface area contributed by atoms with Crippen LogP contribution < -0.4 is 10.2 Å². The van der Waals surface area contributed by atoms with Crippen LogP contribution in [0.5, 0.6) is 0 Å². The molecule has 2 aliphatic heterocycles. The van der Waals surface area contributed by atoms with Gasteiger partial charge in [0.25, 0.3) is 5.91 Å². The molecular weight excluding hydrogens is 378 g/mol. The third-order valence-electron chi connectivity index (χ3n) is 4.78. The summed E-state index contributed by atoms with van der Waals surface area (Å²) < 4.78 is 1.80. The molecule has 2 aromatic heterocycles. The Bertz CT molecular complexity index is 946. The van der Waals surface area contributed by atoms with E-state index in [0.29, 0.717) is 18.2 Å². The van der Waals surface area contributed by atoms with Crippen LogP contribution in [-0.2, 0) is 16.1 Å². The van der Waals surface area contributed by atoms with Crippen molar-refractivity contribution < 1.29 is 9.59 Å². The molecule has 146 valence electrons. The number of thioether (sulfide) groups is 1. The average molecular weight is 399 g/mol. The van der Waals surface area contributed by atoms with Crippen LogP contribution in [0.4, 0.5) is 5.82 Å². The number of fused-ring (bicyclic) bond motifs is 1. The van der Waals surface area contributed by atoms with Gasteiger partial charge in [0.15, 0.2) is 10.8 Å². The lowest BCUT2D eigenvalue weighted by Gasteiger charge is -2.17. The van der Waals surface area contributed by atoms with Crippen molar-refractivity contribution >= 4 is 46.6 Å². The number of hydrogen-bond acceptors (Lipinski definition) is 7. The Balaban J connectivity index is 1.47. The molecule has 0 saturated carbocycles. The first kappa shape index (κ1) is 18.6. The van der Waals surface area contributed by atoms with E-state index >= 15 is 0 Å². The van der Waals surface area contributed by atoms with Crippen molar-refractivity contribution in [2.45, 2.75) is 24.5 Å². The number of aliphatic imine (C=N–C) groups is 1. The number of dihydropyridines is 1. The number of rotatable bonds is 6. The molecule has 0 radical (unpaired) electrons. The average Bonchev–Trinajstić information content (AvgIpc) is 3.38. The fourth-order valence-electron chi connectivity index (χ4n) is 3.34. The molecule has 4 rings (SSSR count). The molecule has 9 nitrogen and oxygen atoms in total. The van der Waals surface area contributed by atoms with Gasteiger partial charge in [0.1, 0.15) is 5.82 Å². The van der Waals surface area contributed by atoms with Gasteiger partial charge in [-0.2, -0.15) is 5.10 Å². The van der Waals surface area contributed by atoms with Crippen molar-refractivity contribution in [3.8, 4) is 0 Å². The number of carbonyl (C=O) groups excluding carboxylic acids is 2. The highest BCUT2D eigenvalue weighted by Gasteiger charge is 2.21. The molecule has 1 N–H and O–H groups in total. The molecule has 0 aromatic carbocycles. The lowest BCUT2D eigenvalue weighted by atomic mass is 10.1. The first-order valence-corrected chi connectivity index (χ1v) is 10.4. The largest absolute Gasteiger partial charge is 0.356 e. The van der Waals surface area contributed by atoms with Gasteiger partial charge in [-0.1, -0.05) is 17.8 Å². The quantitative estimate of drug-likeness (QED) is 0.572. The van der Waals surface area contributed by atoms with Crippen molar-refractivity contribution in [2.24, 2.45) is 10.9 Å². The molecule has 1 fully saturated rings. The molecule has 0 aliphatic carbocycles. The van der Waals surface area contributed by atoms with Gasteiger partial charge < -0.3 is 10.2 Å². The molecule has 2 aromatic rings. The highest BCUT2D eigenvalue weighted by atomic mass is 32.2. The predicted molar refractivity (Wildman–Crippen MR) is 108 cm³/mol. The van der Waals surface area contributed by atoms with E-state index in [9.17, 15) is 9.59 Å². The van der Waals surface area contributed by atoms with E-state index in [1.165, 1.54) is 36.9 Å². The Labute approximate surface area is 166 Å². The van der Waals surface area contributed by atoms with Crippen LogP contribution in [0.3, 0.4) is 0 Å². The maximum absolute atomic E-state index is 12.2. The van der Waals surface area contributed by atoms with Gasteiger partial charge >= 0.3 is 0 Å². The third-order valence-corrected chi connectivity index (χ3v) is 5.33. The van der Waals surface area contributed by atoms with Crippen molar-refractivity contribution in [1.29, 1.82) is 0 Å². The summed E-state index contributed by atoms with van der Waals surface area (Å²) in [6.45, 7) is 2.89. The number of amides is 2. The van der Waals surface area contributed by atoms with Gasteiger partial charge in [-0.25, -0.2) is 19.6 Å². The minimum Gasteiger partial charge on any atom is -0.356 e. The second-order valence-electron chi connectivity index (χ2n) is 6.63. The molecular formula is C18H21N7O2S. The number of nitrogens with one attached hydrogen (secondary N) is 1.